The summed E-state index contributed by atoms with van der Waals surface area (Å²) < 4.78 is 112. The van der Waals surface area contributed by atoms with Crippen LogP contribution in [0.1, 0.15) is 221 Å². The van der Waals surface area contributed by atoms with Gasteiger partial charge in [-0.25, -0.2) is 26.1 Å². The number of hydrogen-bond acceptors (Lipinski definition) is 15. The van der Waals surface area contributed by atoms with E-state index in [1.165, 1.54) is 115 Å². The molecule has 1 N–H and O–H groups in total. The summed E-state index contributed by atoms with van der Waals surface area (Å²) in [4.78, 5) is 39.6. The first-order valence-electron chi connectivity index (χ1n) is 31.8. The molecule has 0 aromatic heterocycles. The van der Waals surface area contributed by atoms with E-state index in [0.717, 1.165) is 68.1 Å². The van der Waals surface area contributed by atoms with Crippen molar-refractivity contribution < 1.29 is 63.4 Å². The Labute approximate surface area is 503 Å². The largest absolute Gasteiger partial charge is 0.756 e. The van der Waals surface area contributed by atoms with Crippen LogP contribution in [0.25, 0.3) is 33.4 Å². The van der Waals surface area contributed by atoms with Crippen LogP contribution in [0.5, 0.6) is 0 Å². The van der Waals surface area contributed by atoms with E-state index in [9.17, 15) is 40.4 Å². The summed E-state index contributed by atoms with van der Waals surface area (Å²) in [6.07, 6.45) is 28.8. The highest BCUT2D eigenvalue weighted by Crippen LogP contribution is 2.44. The number of carbonyl (C=O) groups is 2. The number of rotatable bonds is 47. The Hall–Kier alpha value is -4.20. The molecule has 17 nitrogen and oxygen atoms in total. The average Bonchev–Trinajstić information content (AvgIpc) is 1.60. The second-order valence-electron chi connectivity index (χ2n) is 22.0. The van der Waals surface area contributed by atoms with Crippen molar-refractivity contribution in [3.63, 3.8) is 0 Å². The zero-order valence-corrected chi connectivity index (χ0v) is 54.1. The monoisotopic (exact) mass is 1230 g/mol. The van der Waals surface area contributed by atoms with Crippen LogP contribution in [0.3, 0.4) is 0 Å². The third-order valence-corrected chi connectivity index (χ3v) is 18.8. The van der Waals surface area contributed by atoms with Gasteiger partial charge in [0.25, 0.3) is 7.82 Å². The lowest BCUT2D eigenvalue weighted by Gasteiger charge is -2.25. The molecule has 1 aliphatic carbocycles. The topological polar surface area (TPSA) is 234 Å². The highest BCUT2D eigenvalue weighted by molar-refractivity contribution is 7.89. The number of benzene rings is 3. The zero-order chi connectivity index (χ0) is 61.2. The highest BCUT2D eigenvalue weighted by atomic mass is 32.2. The van der Waals surface area contributed by atoms with E-state index < -0.39 is 82.2 Å². The van der Waals surface area contributed by atoms with Gasteiger partial charge in [-0.1, -0.05) is 174 Å². The van der Waals surface area contributed by atoms with Crippen molar-refractivity contribution in [3.8, 4) is 22.5 Å². The molecule has 84 heavy (non-hydrogen) atoms. The minimum Gasteiger partial charge on any atom is -0.756 e. The Kier molecular flexibility index (Phi) is 34.0. The number of unbranched alkanes of at least 4 members (excludes halogenated alkanes) is 24. The summed E-state index contributed by atoms with van der Waals surface area (Å²) in [5.41, 5.74) is 2.08. The Bertz CT molecular complexity index is 2890. The van der Waals surface area contributed by atoms with Gasteiger partial charge in [0.2, 0.25) is 15.4 Å². The van der Waals surface area contributed by atoms with Gasteiger partial charge < -0.3 is 37.3 Å². The van der Waals surface area contributed by atoms with E-state index in [2.05, 4.69) is 28.0 Å². The first-order valence-corrected chi connectivity index (χ1v) is 36.2. The Morgan fingerprint density at radius 3 is 1.64 bits per heavy atom. The first-order chi connectivity index (χ1) is 40.4. The van der Waals surface area contributed by atoms with Crippen LogP contribution >= 0.6 is 7.82 Å². The number of phosphoric acid groups is 1. The molecule has 2 aliphatic rings. The molecule has 1 heterocycles. The molecule has 2 aromatic rings. The number of anilines is 1. The molecular weight excluding hydrogens is 1130 g/mol. The van der Waals surface area contributed by atoms with Crippen molar-refractivity contribution >= 4 is 56.6 Å². The molecule has 0 bridgehead atoms. The van der Waals surface area contributed by atoms with Gasteiger partial charge in [-0.15, -0.1) is 0 Å². The number of ether oxygens (including phenoxy) is 2. The van der Waals surface area contributed by atoms with Gasteiger partial charge in [0.15, 0.2) is 6.10 Å². The van der Waals surface area contributed by atoms with E-state index in [4.69, 9.17) is 22.9 Å². The minimum atomic E-state index is -5.33. The van der Waals surface area contributed by atoms with Crippen molar-refractivity contribution in [1.82, 2.24) is 9.30 Å². The van der Waals surface area contributed by atoms with Gasteiger partial charge in [0, 0.05) is 72.4 Å². The fourth-order valence-corrected chi connectivity index (χ4v) is 13.2. The molecule has 0 saturated carbocycles. The molecule has 0 fully saturated rings. The van der Waals surface area contributed by atoms with E-state index in [0.29, 0.717) is 66.9 Å². The quantitative estimate of drug-likeness (QED) is 0.0108. The summed E-state index contributed by atoms with van der Waals surface area (Å²) >= 11 is 0. The molecule has 2 atom stereocenters. The maximum Gasteiger partial charge on any atom is 0.306 e. The molecule has 20 heteroatoms. The normalized spacial score (nSPS) is 13.1. The van der Waals surface area contributed by atoms with Crippen LogP contribution in [-0.2, 0) is 52.8 Å². The molecule has 0 radical (unpaired) electrons. The smallest absolute Gasteiger partial charge is 0.306 e. The van der Waals surface area contributed by atoms with Gasteiger partial charge in [-0.3, -0.25) is 14.2 Å². The lowest BCUT2D eigenvalue weighted by atomic mass is 9.93. The standard InChI is InChI=1S/C64H102N3O14PS2/c1-7-13-15-17-19-21-23-25-27-29-31-33-35-37-62(68)77-50-54(80-63(69)38-36-34-32-30-28-26-24-22-20-18-16-14-8-2)51-79-82(70,71)78-46-45-65-83(72,73)55-41-44-58(61(49-55)84(74,75)76)64-56-42-39-52(66(9-3)10-4)47-59(56)81-60-48-53(40-43-57(60)64)67(11-5)12-6/h39-44,47-49,54,65H,7-38,45-46,50-51H2,1-6H3,(H-,70,71,74,75,76)/p-1/t54-/m1/s1. The molecule has 0 amide bonds. The van der Waals surface area contributed by atoms with Crippen LogP contribution in [0, 0.1) is 0 Å². The van der Waals surface area contributed by atoms with E-state index in [1.54, 1.807) is 12.1 Å². The summed E-state index contributed by atoms with van der Waals surface area (Å²) in [7, 11) is -15.1. The average molecular weight is 1230 g/mol. The minimum absolute atomic E-state index is 0.0400. The molecule has 2 aromatic carbocycles. The number of phosphoric ester groups is 1. The first kappa shape index (κ1) is 72.3. The van der Waals surface area contributed by atoms with Gasteiger partial charge in [-0.2, -0.15) is 0 Å². The van der Waals surface area contributed by atoms with Crippen molar-refractivity contribution in [2.45, 2.75) is 237 Å². The molecule has 474 valence electrons. The molecule has 1 aliphatic heterocycles. The van der Waals surface area contributed by atoms with Crippen molar-refractivity contribution in [3.05, 3.63) is 60.0 Å². The third kappa shape index (κ3) is 26.0. The van der Waals surface area contributed by atoms with Crippen LogP contribution in [-0.4, -0.2) is 92.0 Å². The summed E-state index contributed by atoms with van der Waals surface area (Å²) in [6.45, 7) is 12.9. The molecule has 0 saturated heterocycles. The van der Waals surface area contributed by atoms with Crippen LogP contribution < -0.4 is 24.4 Å². The van der Waals surface area contributed by atoms with E-state index >= 15 is 0 Å². The molecule has 0 spiro atoms. The maximum absolute atomic E-state index is 13.7. The number of hydrogen-bond donors (Lipinski definition) is 1. The summed E-state index contributed by atoms with van der Waals surface area (Å²) in [6, 6.07) is 14.2. The zero-order valence-electron chi connectivity index (χ0n) is 51.6. The number of nitrogens with one attached hydrogen (secondary N) is 1. The SMILES string of the molecule is CCCCCCCCCCCCCCCC(=O)OC[C@H](COP(=O)([O-])OCCNS(=O)(=O)c1ccc(-c2c3ccc(=[N+](CC)CC)cc-3oc3cc(N(CC)CC)ccc23)c(S(=O)(=O)[O-])c1)OC(=O)CCCCCCCCCCCCCCC. The lowest BCUT2D eigenvalue weighted by Crippen LogP contribution is -2.31. The van der Waals surface area contributed by atoms with Gasteiger partial charge in [0.1, 0.15) is 41.2 Å². The van der Waals surface area contributed by atoms with Crippen LogP contribution in [0.2, 0.25) is 0 Å². The van der Waals surface area contributed by atoms with Gasteiger partial charge in [0.05, 0.1) is 29.1 Å². The fraction of sp³-hybridized carbons (Fsp3) is 0.672. The molecule has 4 rings (SSSR count). The Morgan fingerprint density at radius 1 is 0.619 bits per heavy atom. The van der Waals surface area contributed by atoms with E-state index in [1.807, 2.05) is 52.0 Å². The Balaban J connectivity index is 1.38. The van der Waals surface area contributed by atoms with Crippen molar-refractivity contribution in [2.75, 3.05) is 57.4 Å². The van der Waals surface area contributed by atoms with Gasteiger partial charge >= 0.3 is 11.9 Å². The number of nitrogens with zero attached hydrogens (tertiary/aromatic N) is 2. The summed E-state index contributed by atoms with van der Waals surface area (Å²) in [5.74, 6) is -0.682. The number of carbonyl (C=O) groups excluding carboxylic acids is 2. The predicted molar refractivity (Wildman–Crippen MR) is 332 cm³/mol. The van der Waals surface area contributed by atoms with Gasteiger partial charge in [-0.05, 0) is 70.9 Å². The molecule has 1 unspecified atom stereocenters. The number of esters is 2. The van der Waals surface area contributed by atoms with Crippen molar-refractivity contribution in [1.29, 1.82) is 0 Å². The number of fused-ring (bicyclic) bond motifs is 2. The van der Waals surface area contributed by atoms with Crippen LogP contribution in [0.4, 0.5) is 5.69 Å². The maximum atomic E-state index is 13.7. The predicted octanol–water partition coefficient (Wildman–Crippen LogP) is 14.0. The Morgan fingerprint density at radius 2 is 1.13 bits per heavy atom. The lowest BCUT2D eigenvalue weighted by molar-refractivity contribution is -0.228. The van der Waals surface area contributed by atoms with Crippen molar-refractivity contribution in [2.24, 2.45) is 0 Å². The summed E-state index contributed by atoms with van der Waals surface area (Å²) in [5, 5.41) is 1.35. The molecular formula is C64H101N3O14PS2-. The highest BCUT2D eigenvalue weighted by Gasteiger charge is 2.26. The second kappa shape index (κ2) is 39.6. The fourth-order valence-electron chi connectivity index (χ4n) is 10.6. The van der Waals surface area contributed by atoms with Crippen LogP contribution in [0.15, 0.2) is 68.8 Å². The number of sulfonamides is 1. The third-order valence-electron chi connectivity index (χ3n) is 15.5. The second-order valence-corrected chi connectivity index (χ2v) is 26.6. The van der Waals surface area contributed by atoms with E-state index in [-0.39, 0.29) is 18.4 Å².